The maximum Gasteiger partial charge on any atom is 0.332 e. The average molecular weight is 378 g/mol. The van der Waals surface area contributed by atoms with Crippen LogP contribution < -0.4 is 22.5 Å². The number of H-pyrrole nitrogens is 2. The van der Waals surface area contributed by atoms with Gasteiger partial charge in [-0.15, -0.1) is 0 Å². The SMILES string of the molecule is Cn1c(=O)c2[nH]cnc2n(C)c1=O.Cn1cnc2c1c(=O)[nH]c(=O)n2C.O. The lowest BCUT2D eigenvalue weighted by Gasteiger charge is -2.00. The van der Waals surface area contributed by atoms with Gasteiger partial charge >= 0.3 is 11.4 Å². The van der Waals surface area contributed by atoms with E-state index in [9.17, 15) is 19.2 Å². The van der Waals surface area contributed by atoms with Crippen molar-refractivity contribution in [2.24, 2.45) is 28.2 Å². The molecule has 0 saturated carbocycles. The van der Waals surface area contributed by atoms with Gasteiger partial charge < -0.3 is 15.0 Å². The molecule has 0 aromatic carbocycles. The van der Waals surface area contributed by atoms with Gasteiger partial charge in [-0.1, -0.05) is 0 Å². The predicted octanol–water partition coefficient (Wildman–Crippen LogP) is -2.90. The van der Waals surface area contributed by atoms with Gasteiger partial charge in [-0.3, -0.25) is 28.3 Å². The summed E-state index contributed by atoms with van der Waals surface area (Å²) >= 11 is 0. The minimum Gasteiger partial charge on any atom is -0.412 e. The number of hydrogen-bond acceptors (Lipinski definition) is 6. The number of rotatable bonds is 0. The summed E-state index contributed by atoms with van der Waals surface area (Å²) in [5.41, 5.74) is -0.0365. The lowest BCUT2D eigenvalue weighted by molar-refractivity contribution is 0.709. The van der Waals surface area contributed by atoms with E-state index in [1.807, 2.05) is 0 Å². The highest BCUT2D eigenvalue weighted by molar-refractivity contribution is 5.69. The number of nitrogens with one attached hydrogen (secondary N) is 2. The average Bonchev–Trinajstić information content (AvgIpc) is 3.24. The van der Waals surface area contributed by atoms with Crippen LogP contribution in [0, 0.1) is 0 Å². The second kappa shape index (κ2) is 6.87. The van der Waals surface area contributed by atoms with Crippen molar-refractivity contribution in [2.75, 3.05) is 0 Å². The van der Waals surface area contributed by atoms with Crippen LogP contribution in [0.2, 0.25) is 0 Å². The summed E-state index contributed by atoms with van der Waals surface area (Å²) in [4.78, 5) is 58.0. The van der Waals surface area contributed by atoms with Crippen LogP contribution in [0.4, 0.5) is 0 Å². The molecule has 0 aliphatic rings. The zero-order chi connectivity index (χ0) is 19.2. The third-order valence-electron chi connectivity index (χ3n) is 4.01. The Labute approximate surface area is 149 Å². The van der Waals surface area contributed by atoms with Gasteiger partial charge in [0.05, 0.1) is 12.7 Å². The van der Waals surface area contributed by atoms with Crippen molar-refractivity contribution in [1.29, 1.82) is 0 Å². The second-order valence-corrected chi connectivity index (χ2v) is 5.65. The van der Waals surface area contributed by atoms with E-state index in [2.05, 4.69) is 19.9 Å². The fourth-order valence-corrected chi connectivity index (χ4v) is 2.53. The van der Waals surface area contributed by atoms with E-state index in [-0.39, 0.29) is 16.7 Å². The van der Waals surface area contributed by atoms with E-state index >= 15 is 0 Å². The van der Waals surface area contributed by atoms with Gasteiger partial charge in [0, 0.05) is 28.2 Å². The van der Waals surface area contributed by atoms with Gasteiger partial charge in [-0.2, -0.15) is 0 Å². The van der Waals surface area contributed by atoms with E-state index in [4.69, 9.17) is 0 Å². The molecule has 0 amide bonds. The summed E-state index contributed by atoms with van der Waals surface area (Å²) < 4.78 is 5.25. The maximum atomic E-state index is 11.4. The van der Waals surface area contributed by atoms with E-state index in [0.29, 0.717) is 22.3 Å². The lowest BCUT2D eigenvalue weighted by Crippen LogP contribution is -2.36. The van der Waals surface area contributed by atoms with Crippen LogP contribution in [0.25, 0.3) is 22.3 Å². The maximum absolute atomic E-state index is 11.4. The number of aromatic nitrogens is 8. The molecule has 0 bridgehead atoms. The number of aromatic amines is 2. The van der Waals surface area contributed by atoms with Crippen LogP contribution >= 0.6 is 0 Å². The molecule has 4 aromatic heterocycles. The number of imidazole rings is 2. The van der Waals surface area contributed by atoms with Crippen LogP contribution in [0.3, 0.4) is 0 Å². The molecule has 0 radical (unpaired) electrons. The summed E-state index contributed by atoms with van der Waals surface area (Å²) in [7, 11) is 6.28. The van der Waals surface area contributed by atoms with Crippen molar-refractivity contribution in [3.63, 3.8) is 0 Å². The van der Waals surface area contributed by atoms with Gasteiger partial charge in [0.1, 0.15) is 5.52 Å². The molecule has 4 aromatic rings. The smallest absolute Gasteiger partial charge is 0.332 e. The number of nitrogens with zero attached hydrogens (tertiary/aromatic N) is 6. The highest BCUT2D eigenvalue weighted by Crippen LogP contribution is 2.01. The molecule has 27 heavy (non-hydrogen) atoms. The molecule has 13 nitrogen and oxygen atoms in total. The predicted molar refractivity (Wildman–Crippen MR) is 96.8 cm³/mol. The standard InChI is InChI=1S/2C7H8N4O2.H2O/c1-10-3-8-5-4(10)6(12)9-7(13)11(5)2;1-10-5-4(8-3-9-5)6(12)11(2)7(10)13;/h3H,1-2H3,(H,9,12,13);3H,1-2H3,(H,8,9);1H2. The molecule has 0 atom stereocenters. The van der Waals surface area contributed by atoms with Gasteiger partial charge in [0.15, 0.2) is 16.8 Å². The van der Waals surface area contributed by atoms with Crippen LogP contribution in [-0.4, -0.2) is 43.7 Å². The van der Waals surface area contributed by atoms with E-state index in [0.717, 1.165) is 4.57 Å². The second-order valence-electron chi connectivity index (χ2n) is 5.65. The Hall–Kier alpha value is -3.74. The summed E-state index contributed by atoms with van der Waals surface area (Å²) in [5.74, 6) is 0. The normalized spacial score (nSPS) is 10.5. The summed E-state index contributed by atoms with van der Waals surface area (Å²) in [6.07, 6.45) is 2.89. The number of fused-ring (bicyclic) bond motifs is 2. The Kier molecular flexibility index (Phi) is 4.99. The molecule has 4 rings (SSSR count). The molecule has 0 saturated heterocycles. The Bertz CT molecular complexity index is 1360. The highest BCUT2D eigenvalue weighted by atomic mass is 16.2. The molecule has 4 N–H and O–H groups in total. The zero-order valence-electron chi connectivity index (χ0n) is 15.0. The van der Waals surface area contributed by atoms with Crippen molar-refractivity contribution in [1.82, 2.24) is 38.2 Å². The summed E-state index contributed by atoms with van der Waals surface area (Å²) in [6.45, 7) is 0. The molecule has 144 valence electrons. The van der Waals surface area contributed by atoms with Gasteiger partial charge in [-0.05, 0) is 0 Å². The van der Waals surface area contributed by atoms with Gasteiger partial charge in [-0.25, -0.2) is 19.6 Å². The lowest BCUT2D eigenvalue weighted by atomic mass is 10.5. The van der Waals surface area contributed by atoms with Crippen molar-refractivity contribution in [3.8, 4) is 0 Å². The van der Waals surface area contributed by atoms with Crippen molar-refractivity contribution >= 4 is 22.3 Å². The van der Waals surface area contributed by atoms with Gasteiger partial charge in [0.25, 0.3) is 11.1 Å². The quantitative estimate of drug-likeness (QED) is 0.331. The minimum absolute atomic E-state index is 0. The molecule has 0 spiro atoms. The van der Waals surface area contributed by atoms with E-state index < -0.39 is 11.2 Å². The van der Waals surface area contributed by atoms with Crippen molar-refractivity contribution in [2.45, 2.75) is 0 Å². The Morgan fingerprint density at radius 3 is 2.22 bits per heavy atom. The first-order valence-electron chi connectivity index (χ1n) is 7.43. The fraction of sp³-hybridized carbons (Fsp3) is 0.286. The van der Waals surface area contributed by atoms with Crippen LogP contribution in [-0.2, 0) is 28.2 Å². The van der Waals surface area contributed by atoms with Gasteiger partial charge in [0.2, 0.25) is 0 Å². The zero-order valence-corrected chi connectivity index (χ0v) is 15.0. The Morgan fingerprint density at radius 1 is 0.889 bits per heavy atom. The van der Waals surface area contributed by atoms with E-state index in [1.54, 1.807) is 25.7 Å². The molecular weight excluding hydrogens is 360 g/mol. The van der Waals surface area contributed by atoms with Crippen LogP contribution in [0.15, 0.2) is 31.8 Å². The summed E-state index contributed by atoms with van der Waals surface area (Å²) in [5, 5.41) is 0. The first-order chi connectivity index (χ1) is 12.2. The van der Waals surface area contributed by atoms with Crippen molar-refractivity contribution < 1.29 is 5.48 Å². The molecule has 0 unspecified atom stereocenters. The molecule has 0 aliphatic carbocycles. The number of hydrogen-bond donors (Lipinski definition) is 2. The van der Waals surface area contributed by atoms with Crippen LogP contribution in [0.1, 0.15) is 0 Å². The molecule has 0 fully saturated rings. The Morgan fingerprint density at radius 2 is 1.56 bits per heavy atom. The minimum atomic E-state index is -0.448. The first-order valence-corrected chi connectivity index (χ1v) is 7.43. The molecule has 4 heterocycles. The third-order valence-corrected chi connectivity index (χ3v) is 4.01. The third kappa shape index (κ3) is 2.99. The molecule has 13 heteroatoms. The fourth-order valence-electron chi connectivity index (χ4n) is 2.53. The largest absolute Gasteiger partial charge is 0.412 e. The number of aryl methyl sites for hydroxylation is 3. The van der Waals surface area contributed by atoms with E-state index in [1.165, 1.54) is 28.8 Å². The monoisotopic (exact) mass is 378 g/mol. The molecule has 0 aliphatic heterocycles. The highest BCUT2D eigenvalue weighted by Gasteiger charge is 2.09. The molecular formula is C14H18N8O5. The van der Waals surface area contributed by atoms with Crippen LogP contribution in [0.5, 0.6) is 0 Å². The summed E-state index contributed by atoms with van der Waals surface area (Å²) in [6, 6.07) is 0. The first kappa shape index (κ1) is 19.6. The topological polar surface area (TPSA) is 177 Å². The van der Waals surface area contributed by atoms with Crippen molar-refractivity contribution in [3.05, 3.63) is 54.3 Å². The Balaban J connectivity index is 0.000000187.